The molecule has 0 rings (SSSR count). The fourth-order valence-corrected chi connectivity index (χ4v) is 8.39. The van der Waals surface area contributed by atoms with Crippen LogP contribution in [-0.2, 0) is 32.7 Å². The predicted octanol–water partition coefficient (Wildman–Crippen LogP) is 15.7. The van der Waals surface area contributed by atoms with Crippen molar-refractivity contribution in [3.63, 3.8) is 0 Å². The van der Waals surface area contributed by atoms with Gasteiger partial charge in [-0.05, 0) is 32.1 Å². The largest absolute Gasteiger partial charge is 0.472 e. The first-order valence-electron chi connectivity index (χ1n) is 26.4. The van der Waals surface area contributed by atoms with E-state index in [9.17, 15) is 19.0 Å². The molecule has 0 aromatic rings. The van der Waals surface area contributed by atoms with Crippen LogP contribution in [0, 0.1) is 0 Å². The first-order valence-corrected chi connectivity index (χ1v) is 27.9. The molecule has 0 spiro atoms. The Bertz CT molecular complexity index is 1060. The van der Waals surface area contributed by atoms with Gasteiger partial charge in [-0.1, -0.05) is 225 Å². The molecule has 0 aliphatic heterocycles. The van der Waals surface area contributed by atoms with E-state index in [4.69, 9.17) is 18.5 Å². The highest BCUT2D eigenvalue weighted by atomic mass is 31.2. The molecule has 2 atom stereocenters. The lowest BCUT2D eigenvalue weighted by Crippen LogP contribution is -2.37. The normalized spacial score (nSPS) is 13.5. The number of esters is 2. The third-order valence-electron chi connectivity index (χ3n) is 11.8. The van der Waals surface area contributed by atoms with Crippen molar-refractivity contribution in [2.75, 3.05) is 47.5 Å². The SMILES string of the molecule is CCCC/C=C/CCCCCCCCCCCC(=O)O[C@@H](COC(=O)CCCCCCCCCCCCCCCCCCCCCCCCC)COP(=O)(O)OCC[N+](C)(C)C. The molecular weight excluding hydrogens is 798 g/mol. The molecule has 0 radical (unpaired) electrons. The van der Waals surface area contributed by atoms with Gasteiger partial charge in [-0.15, -0.1) is 0 Å². The van der Waals surface area contributed by atoms with E-state index in [1.54, 1.807) is 0 Å². The minimum atomic E-state index is -4.37. The molecule has 368 valence electrons. The molecule has 0 aliphatic rings. The Kier molecular flexibility index (Phi) is 44.0. The number of allylic oxidation sites excluding steroid dienone is 2. The van der Waals surface area contributed by atoms with E-state index in [2.05, 4.69) is 26.0 Å². The molecule has 0 aromatic heterocycles. The number of carbonyl (C=O) groups excluding carboxylic acids is 2. The zero-order valence-electron chi connectivity index (χ0n) is 41.6. The van der Waals surface area contributed by atoms with Crippen LogP contribution < -0.4 is 0 Å². The van der Waals surface area contributed by atoms with Crippen molar-refractivity contribution in [2.24, 2.45) is 0 Å². The second-order valence-corrected chi connectivity index (χ2v) is 20.7. The second-order valence-electron chi connectivity index (χ2n) is 19.3. The van der Waals surface area contributed by atoms with Gasteiger partial charge in [0.05, 0.1) is 27.7 Å². The topological polar surface area (TPSA) is 108 Å². The fourth-order valence-electron chi connectivity index (χ4n) is 7.65. The van der Waals surface area contributed by atoms with Crippen LogP contribution in [0.25, 0.3) is 0 Å². The molecule has 0 saturated carbocycles. The smallest absolute Gasteiger partial charge is 0.462 e. The van der Waals surface area contributed by atoms with Crippen LogP contribution in [-0.4, -0.2) is 74.9 Å². The lowest BCUT2D eigenvalue weighted by atomic mass is 10.0. The Labute approximate surface area is 384 Å². The standard InChI is InChI=1S/C52H102NO8P/c1-6-8-10-12-14-16-18-20-22-23-24-25-26-27-28-29-31-32-34-36-38-40-42-44-51(54)58-48-50(49-60-62(56,57)59-47-46-53(3,4)5)61-52(55)45-43-41-39-37-35-33-30-21-19-17-15-13-11-9-7-2/h13,15,50H,6-12,14,16-49H2,1-5H3/p+1/b15-13+/t50-/m0/s1. The van der Waals surface area contributed by atoms with Gasteiger partial charge < -0.3 is 18.9 Å². The van der Waals surface area contributed by atoms with Gasteiger partial charge in [-0.2, -0.15) is 0 Å². The number of phosphoric acid groups is 1. The number of hydrogen-bond acceptors (Lipinski definition) is 7. The highest BCUT2D eigenvalue weighted by Gasteiger charge is 2.27. The summed E-state index contributed by atoms with van der Waals surface area (Å²) in [4.78, 5) is 35.5. The summed E-state index contributed by atoms with van der Waals surface area (Å²) in [6.45, 7) is 4.44. The van der Waals surface area contributed by atoms with Gasteiger partial charge in [0.15, 0.2) is 6.10 Å². The van der Waals surface area contributed by atoms with Gasteiger partial charge in [0.2, 0.25) is 0 Å². The highest BCUT2D eigenvalue weighted by Crippen LogP contribution is 2.43. The molecule has 10 heteroatoms. The number of ether oxygens (including phenoxy) is 2. The first-order chi connectivity index (χ1) is 30.0. The van der Waals surface area contributed by atoms with Crippen LogP contribution in [0.1, 0.15) is 258 Å². The summed E-state index contributed by atoms with van der Waals surface area (Å²) in [7, 11) is 1.49. The Balaban J connectivity index is 4.14. The maximum absolute atomic E-state index is 12.7. The Hall–Kier alpha value is -1.25. The van der Waals surface area contributed by atoms with Gasteiger partial charge in [0.25, 0.3) is 0 Å². The maximum Gasteiger partial charge on any atom is 0.472 e. The zero-order valence-corrected chi connectivity index (χ0v) is 42.5. The Morgan fingerprint density at radius 1 is 0.484 bits per heavy atom. The monoisotopic (exact) mass is 901 g/mol. The number of phosphoric ester groups is 1. The van der Waals surface area contributed by atoms with E-state index in [1.807, 2.05) is 21.1 Å². The number of quaternary nitrogens is 1. The fraction of sp³-hybridized carbons (Fsp3) is 0.923. The summed E-state index contributed by atoms with van der Waals surface area (Å²) in [6.07, 6.45) is 49.8. The summed E-state index contributed by atoms with van der Waals surface area (Å²) >= 11 is 0. The maximum atomic E-state index is 12.7. The number of hydrogen-bond donors (Lipinski definition) is 1. The van der Waals surface area contributed by atoms with Gasteiger partial charge in [0.1, 0.15) is 19.8 Å². The molecule has 0 aromatic carbocycles. The van der Waals surface area contributed by atoms with E-state index >= 15 is 0 Å². The molecule has 1 unspecified atom stereocenters. The Morgan fingerprint density at radius 2 is 0.839 bits per heavy atom. The van der Waals surface area contributed by atoms with E-state index in [1.165, 1.54) is 186 Å². The van der Waals surface area contributed by atoms with Crippen molar-refractivity contribution < 1.29 is 42.1 Å². The van der Waals surface area contributed by atoms with Gasteiger partial charge in [-0.25, -0.2) is 4.57 Å². The van der Waals surface area contributed by atoms with Gasteiger partial charge in [-0.3, -0.25) is 18.6 Å². The summed E-state index contributed by atoms with van der Waals surface area (Å²) in [5.74, 6) is -0.785. The number of carbonyl (C=O) groups is 2. The average Bonchev–Trinajstić information content (AvgIpc) is 3.23. The minimum Gasteiger partial charge on any atom is -0.462 e. The average molecular weight is 901 g/mol. The van der Waals surface area contributed by atoms with E-state index in [0.29, 0.717) is 23.9 Å². The molecule has 62 heavy (non-hydrogen) atoms. The second kappa shape index (κ2) is 44.9. The van der Waals surface area contributed by atoms with Crippen molar-refractivity contribution in [1.29, 1.82) is 0 Å². The lowest BCUT2D eigenvalue weighted by molar-refractivity contribution is -0.870. The van der Waals surface area contributed by atoms with Crippen LogP contribution in [0.3, 0.4) is 0 Å². The van der Waals surface area contributed by atoms with Crippen molar-refractivity contribution in [3.05, 3.63) is 12.2 Å². The van der Waals surface area contributed by atoms with Gasteiger partial charge >= 0.3 is 19.8 Å². The van der Waals surface area contributed by atoms with Crippen molar-refractivity contribution >= 4 is 19.8 Å². The van der Waals surface area contributed by atoms with E-state index in [-0.39, 0.29) is 25.6 Å². The van der Waals surface area contributed by atoms with E-state index < -0.39 is 26.5 Å². The molecular formula is C52H103NO8P+. The molecule has 0 heterocycles. The molecule has 1 N–H and O–H groups in total. The van der Waals surface area contributed by atoms with Crippen LogP contribution in [0.5, 0.6) is 0 Å². The summed E-state index contributed by atoms with van der Waals surface area (Å²) in [6, 6.07) is 0. The molecule has 0 bridgehead atoms. The van der Waals surface area contributed by atoms with E-state index in [0.717, 1.165) is 38.5 Å². The summed E-state index contributed by atoms with van der Waals surface area (Å²) < 4.78 is 34.5. The Morgan fingerprint density at radius 3 is 1.24 bits per heavy atom. The van der Waals surface area contributed by atoms with Crippen LogP contribution in [0.15, 0.2) is 12.2 Å². The highest BCUT2D eigenvalue weighted by molar-refractivity contribution is 7.47. The number of nitrogens with zero attached hydrogens (tertiary/aromatic N) is 1. The molecule has 0 saturated heterocycles. The van der Waals surface area contributed by atoms with Crippen molar-refractivity contribution in [3.8, 4) is 0 Å². The quantitative estimate of drug-likeness (QED) is 0.0211. The molecule has 0 fully saturated rings. The first kappa shape index (κ1) is 60.8. The molecule has 9 nitrogen and oxygen atoms in total. The zero-order chi connectivity index (χ0) is 45.7. The van der Waals surface area contributed by atoms with Crippen LogP contribution in [0.4, 0.5) is 0 Å². The summed E-state index contributed by atoms with van der Waals surface area (Å²) in [5.41, 5.74) is 0. The van der Waals surface area contributed by atoms with Crippen LogP contribution >= 0.6 is 7.82 Å². The van der Waals surface area contributed by atoms with Crippen molar-refractivity contribution in [2.45, 2.75) is 264 Å². The number of rotatable bonds is 49. The number of likely N-dealkylation sites (N-methyl/N-ethyl adjacent to an activating group) is 1. The lowest BCUT2D eigenvalue weighted by Gasteiger charge is -2.24. The minimum absolute atomic E-state index is 0.0348. The number of unbranched alkanes of at least 4 members (excludes halogenated alkanes) is 33. The third-order valence-corrected chi connectivity index (χ3v) is 12.8. The predicted molar refractivity (Wildman–Crippen MR) is 261 cm³/mol. The third kappa shape index (κ3) is 48.2. The molecule has 0 aliphatic carbocycles. The van der Waals surface area contributed by atoms with Crippen LogP contribution in [0.2, 0.25) is 0 Å². The molecule has 0 amide bonds. The summed E-state index contributed by atoms with van der Waals surface area (Å²) in [5, 5.41) is 0. The van der Waals surface area contributed by atoms with Crippen molar-refractivity contribution in [1.82, 2.24) is 0 Å². The van der Waals surface area contributed by atoms with Gasteiger partial charge in [0, 0.05) is 12.8 Å².